The first-order valence-electron chi connectivity index (χ1n) is 8.50. The maximum absolute atomic E-state index is 12.4. The molecule has 0 aromatic carbocycles. The van der Waals surface area contributed by atoms with Crippen molar-refractivity contribution in [3.63, 3.8) is 0 Å². The number of carbonyl (C=O) groups is 1. The van der Waals surface area contributed by atoms with Crippen molar-refractivity contribution in [3.05, 3.63) is 33.3 Å². The Hall–Kier alpha value is -1.89. The molecule has 6 nitrogen and oxygen atoms in total. The van der Waals surface area contributed by atoms with Crippen molar-refractivity contribution in [2.75, 3.05) is 6.54 Å². The van der Waals surface area contributed by atoms with Gasteiger partial charge in [0.25, 0.3) is 0 Å². The molecular weight excluding hydrogens is 322 g/mol. The molecule has 7 heteroatoms. The van der Waals surface area contributed by atoms with E-state index in [4.69, 9.17) is 4.98 Å². The van der Waals surface area contributed by atoms with E-state index in [0.29, 0.717) is 19.0 Å². The van der Waals surface area contributed by atoms with Gasteiger partial charge in [-0.3, -0.25) is 0 Å². The van der Waals surface area contributed by atoms with E-state index in [0.717, 1.165) is 35.9 Å². The third-order valence-electron chi connectivity index (χ3n) is 4.43. The number of hydrogen-bond acceptors (Lipinski definition) is 4. The van der Waals surface area contributed by atoms with Crippen molar-refractivity contribution in [3.8, 4) is 0 Å². The molecule has 1 N–H and O–H groups in total. The molecule has 0 radical (unpaired) electrons. The minimum absolute atomic E-state index is 0.0364. The van der Waals surface area contributed by atoms with E-state index >= 15 is 0 Å². The van der Waals surface area contributed by atoms with Crippen molar-refractivity contribution in [1.29, 1.82) is 0 Å². The molecule has 0 bridgehead atoms. The van der Waals surface area contributed by atoms with E-state index in [1.165, 1.54) is 10.6 Å². The van der Waals surface area contributed by atoms with Gasteiger partial charge in [-0.15, -0.1) is 11.3 Å². The number of thiazole rings is 1. The number of carbonyl (C=O) groups excluding carboxylic acids is 1. The summed E-state index contributed by atoms with van der Waals surface area (Å²) in [6.45, 7) is 8.22. The highest BCUT2D eigenvalue weighted by molar-refractivity contribution is 7.11. The highest BCUT2D eigenvalue weighted by atomic mass is 32.1. The summed E-state index contributed by atoms with van der Waals surface area (Å²) in [7, 11) is 2.07. The van der Waals surface area contributed by atoms with Crippen LogP contribution in [0.5, 0.6) is 0 Å². The van der Waals surface area contributed by atoms with Crippen LogP contribution in [0.25, 0.3) is 0 Å². The van der Waals surface area contributed by atoms with Crippen molar-refractivity contribution in [2.45, 2.75) is 52.6 Å². The minimum Gasteiger partial charge on any atom is -0.334 e. The molecule has 0 atom stereocenters. The average Bonchev–Trinajstić information content (AvgIpc) is 3.17. The number of rotatable bonds is 4. The Morgan fingerprint density at radius 2 is 2.25 bits per heavy atom. The number of aromatic nitrogens is 3. The first kappa shape index (κ1) is 17.0. The molecule has 24 heavy (non-hydrogen) atoms. The van der Waals surface area contributed by atoms with Gasteiger partial charge in [0, 0.05) is 42.7 Å². The summed E-state index contributed by atoms with van der Waals surface area (Å²) in [6.07, 6.45) is 3.73. The lowest BCUT2D eigenvalue weighted by molar-refractivity contribution is 0.190. The van der Waals surface area contributed by atoms with Crippen molar-refractivity contribution >= 4 is 17.4 Å². The van der Waals surface area contributed by atoms with Gasteiger partial charge in [0.05, 0.1) is 18.8 Å². The molecule has 2 amide bonds. The number of nitrogens with zero attached hydrogens (tertiary/aromatic N) is 4. The highest BCUT2D eigenvalue weighted by Crippen LogP contribution is 2.23. The van der Waals surface area contributed by atoms with Crippen LogP contribution in [0.2, 0.25) is 0 Å². The molecule has 3 rings (SSSR count). The maximum Gasteiger partial charge on any atom is 0.318 e. The summed E-state index contributed by atoms with van der Waals surface area (Å²) in [6, 6.07) is -0.0364. The minimum atomic E-state index is -0.0364. The zero-order chi connectivity index (χ0) is 17.3. The number of imidazole rings is 1. The summed E-state index contributed by atoms with van der Waals surface area (Å²) < 4.78 is 2.19. The van der Waals surface area contributed by atoms with Crippen LogP contribution < -0.4 is 5.32 Å². The second kappa shape index (κ2) is 6.93. The number of hydrogen-bond donors (Lipinski definition) is 1. The molecule has 130 valence electrons. The standard InChI is InChI=1S/C17H25N5OS/c1-5-12-8-18-15(24-12)9-19-17(23)22-7-6-14-13(10-22)20-16(11(2)3)21(14)4/h8,11H,5-7,9-10H2,1-4H3,(H,19,23). The predicted molar refractivity (Wildman–Crippen MR) is 95.1 cm³/mol. The number of aryl methyl sites for hydroxylation is 1. The van der Waals surface area contributed by atoms with Gasteiger partial charge in [0.1, 0.15) is 10.8 Å². The molecule has 1 aliphatic heterocycles. The fourth-order valence-corrected chi connectivity index (χ4v) is 3.90. The lowest BCUT2D eigenvalue weighted by atomic mass is 10.1. The lowest BCUT2D eigenvalue weighted by Crippen LogP contribution is -2.42. The van der Waals surface area contributed by atoms with E-state index in [9.17, 15) is 4.79 Å². The summed E-state index contributed by atoms with van der Waals surface area (Å²) >= 11 is 1.66. The Bertz CT molecular complexity index is 733. The van der Waals surface area contributed by atoms with Crippen molar-refractivity contribution in [2.24, 2.45) is 7.05 Å². The fraction of sp³-hybridized carbons (Fsp3) is 0.588. The molecule has 2 aromatic rings. The van der Waals surface area contributed by atoms with Gasteiger partial charge in [-0.25, -0.2) is 14.8 Å². The van der Waals surface area contributed by atoms with Crippen LogP contribution in [0.3, 0.4) is 0 Å². The molecule has 1 aliphatic rings. The Kier molecular flexibility index (Phi) is 4.89. The lowest BCUT2D eigenvalue weighted by Gasteiger charge is -2.26. The van der Waals surface area contributed by atoms with E-state index in [1.807, 2.05) is 11.1 Å². The van der Waals surface area contributed by atoms with Gasteiger partial charge < -0.3 is 14.8 Å². The third kappa shape index (κ3) is 3.31. The Morgan fingerprint density at radius 3 is 2.92 bits per heavy atom. The smallest absolute Gasteiger partial charge is 0.318 e. The molecule has 0 fully saturated rings. The molecular formula is C17H25N5OS. The van der Waals surface area contributed by atoms with Gasteiger partial charge in [-0.05, 0) is 6.42 Å². The van der Waals surface area contributed by atoms with E-state index in [2.05, 4.69) is 42.7 Å². The zero-order valence-corrected chi connectivity index (χ0v) is 15.6. The van der Waals surface area contributed by atoms with Crippen LogP contribution in [0.1, 0.15) is 53.8 Å². The number of fused-ring (bicyclic) bond motifs is 1. The van der Waals surface area contributed by atoms with Crippen LogP contribution >= 0.6 is 11.3 Å². The fourth-order valence-electron chi connectivity index (χ4n) is 3.09. The van der Waals surface area contributed by atoms with Crippen LogP contribution in [0, 0.1) is 0 Å². The second-order valence-electron chi connectivity index (χ2n) is 6.48. The van der Waals surface area contributed by atoms with Gasteiger partial charge in [-0.2, -0.15) is 0 Å². The topological polar surface area (TPSA) is 63.1 Å². The summed E-state index contributed by atoms with van der Waals surface area (Å²) in [5.41, 5.74) is 2.29. The van der Waals surface area contributed by atoms with Crippen LogP contribution in [0.4, 0.5) is 4.79 Å². The van der Waals surface area contributed by atoms with Crippen LogP contribution in [-0.4, -0.2) is 32.0 Å². The van der Waals surface area contributed by atoms with Crippen molar-refractivity contribution < 1.29 is 4.79 Å². The zero-order valence-electron chi connectivity index (χ0n) is 14.8. The molecule has 0 spiro atoms. The first-order chi connectivity index (χ1) is 11.5. The van der Waals surface area contributed by atoms with Gasteiger partial charge in [0.15, 0.2) is 0 Å². The number of amides is 2. The quantitative estimate of drug-likeness (QED) is 0.925. The largest absolute Gasteiger partial charge is 0.334 e. The normalized spacial score (nSPS) is 14.1. The number of urea groups is 1. The Morgan fingerprint density at radius 1 is 1.46 bits per heavy atom. The molecule has 0 aliphatic carbocycles. The monoisotopic (exact) mass is 347 g/mol. The average molecular weight is 347 g/mol. The van der Waals surface area contributed by atoms with E-state index in [-0.39, 0.29) is 6.03 Å². The summed E-state index contributed by atoms with van der Waals surface area (Å²) in [5, 5.41) is 3.94. The molecule has 0 unspecified atom stereocenters. The van der Waals surface area contributed by atoms with Gasteiger partial charge in [0.2, 0.25) is 0 Å². The summed E-state index contributed by atoms with van der Waals surface area (Å²) in [4.78, 5) is 24.6. The van der Waals surface area contributed by atoms with Crippen LogP contribution in [-0.2, 0) is 33.0 Å². The van der Waals surface area contributed by atoms with E-state index < -0.39 is 0 Å². The Labute approximate surface area is 146 Å². The third-order valence-corrected chi connectivity index (χ3v) is 5.58. The molecule has 2 aromatic heterocycles. The predicted octanol–water partition coefficient (Wildman–Crippen LogP) is 2.83. The van der Waals surface area contributed by atoms with Crippen LogP contribution in [0.15, 0.2) is 6.20 Å². The molecule has 3 heterocycles. The summed E-state index contributed by atoms with van der Waals surface area (Å²) in [5.74, 6) is 1.48. The number of nitrogens with one attached hydrogen (secondary N) is 1. The van der Waals surface area contributed by atoms with Crippen molar-refractivity contribution in [1.82, 2.24) is 24.8 Å². The second-order valence-corrected chi connectivity index (χ2v) is 7.68. The SMILES string of the molecule is CCc1cnc(CNC(=O)N2CCc3c(nc(C(C)C)n3C)C2)s1. The van der Waals surface area contributed by atoms with Gasteiger partial charge >= 0.3 is 6.03 Å². The molecule has 0 saturated carbocycles. The Balaban J connectivity index is 1.62. The van der Waals surface area contributed by atoms with E-state index in [1.54, 1.807) is 11.3 Å². The molecule has 0 saturated heterocycles. The van der Waals surface area contributed by atoms with Gasteiger partial charge in [-0.1, -0.05) is 20.8 Å². The maximum atomic E-state index is 12.4. The first-order valence-corrected chi connectivity index (χ1v) is 9.32. The highest BCUT2D eigenvalue weighted by Gasteiger charge is 2.26.